The number of benzene rings is 1. The Bertz CT molecular complexity index is 350. The standard InChI is InChI=1S/C13H19NO2/c1-4-5-9-13(15)14(2)11-7-6-8-12(10-11)16-3/h6-8,10H,4-5,9H2,1-3H3. The molecule has 0 aliphatic heterocycles. The van der Waals surface area contributed by atoms with Crippen molar-refractivity contribution in [3.05, 3.63) is 24.3 Å². The summed E-state index contributed by atoms with van der Waals surface area (Å²) in [5.74, 6) is 0.919. The van der Waals surface area contributed by atoms with E-state index < -0.39 is 0 Å². The minimum atomic E-state index is 0.148. The third-order valence-electron chi connectivity index (χ3n) is 2.56. The molecule has 3 heteroatoms. The Hall–Kier alpha value is -1.51. The van der Waals surface area contributed by atoms with Crippen molar-refractivity contribution in [3.8, 4) is 5.75 Å². The van der Waals surface area contributed by atoms with Gasteiger partial charge in [0.1, 0.15) is 5.75 Å². The van der Waals surface area contributed by atoms with Gasteiger partial charge in [-0.25, -0.2) is 0 Å². The normalized spacial score (nSPS) is 9.94. The molecule has 0 saturated carbocycles. The van der Waals surface area contributed by atoms with Gasteiger partial charge in [-0.05, 0) is 18.6 Å². The summed E-state index contributed by atoms with van der Waals surface area (Å²) in [6.45, 7) is 2.08. The van der Waals surface area contributed by atoms with E-state index in [0.29, 0.717) is 6.42 Å². The van der Waals surface area contributed by atoms with E-state index in [4.69, 9.17) is 4.74 Å². The summed E-state index contributed by atoms with van der Waals surface area (Å²) in [6, 6.07) is 7.53. The van der Waals surface area contributed by atoms with Crippen LogP contribution in [0.25, 0.3) is 0 Å². The first-order chi connectivity index (χ1) is 7.69. The van der Waals surface area contributed by atoms with E-state index in [2.05, 4.69) is 6.92 Å². The van der Waals surface area contributed by atoms with Crippen molar-refractivity contribution in [2.24, 2.45) is 0 Å². The molecule has 1 aromatic carbocycles. The fourth-order valence-corrected chi connectivity index (χ4v) is 1.46. The van der Waals surface area contributed by atoms with E-state index in [0.717, 1.165) is 24.3 Å². The Morgan fingerprint density at radius 3 is 2.81 bits per heavy atom. The molecule has 0 saturated heterocycles. The van der Waals surface area contributed by atoms with Crippen LogP contribution in [0.5, 0.6) is 5.75 Å². The second-order valence-corrected chi connectivity index (χ2v) is 3.76. The fraction of sp³-hybridized carbons (Fsp3) is 0.462. The van der Waals surface area contributed by atoms with E-state index in [1.165, 1.54) is 0 Å². The molecule has 88 valence electrons. The van der Waals surface area contributed by atoms with Crippen molar-refractivity contribution >= 4 is 11.6 Å². The highest BCUT2D eigenvalue weighted by Gasteiger charge is 2.10. The Morgan fingerprint density at radius 1 is 1.44 bits per heavy atom. The number of hydrogen-bond donors (Lipinski definition) is 0. The largest absolute Gasteiger partial charge is 0.497 e. The van der Waals surface area contributed by atoms with Gasteiger partial charge in [0.05, 0.1) is 7.11 Å². The number of hydrogen-bond acceptors (Lipinski definition) is 2. The summed E-state index contributed by atoms with van der Waals surface area (Å²) in [5.41, 5.74) is 0.875. The summed E-state index contributed by atoms with van der Waals surface area (Å²) in [6.07, 6.45) is 2.58. The van der Waals surface area contributed by atoms with Crippen LogP contribution < -0.4 is 9.64 Å². The van der Waals surface area contributed by atoms with Crippen LogP contribution in [-0.4, -0.2) is 20.1 Å². The molecule has 0 spiro atoms. The molecule has 0 bridgehead atoms. The second-order valence-electron chi connectivity index (χ2n) is 3.76. The van der Waals surface area contributed by atoms with Crippen LogP contribution in [0, 0.1) is 0 Å². The van der Waals surface area contributed by atoms with E-state index in [1.54, 1.807) is 19.1 Å². The third kappa shape index (κ3) is 3.26. The maximum absolute atomic E-state index is 11.8. The molecular formula is C13H19NO2. The highest BCUT2D eigenvalue weighted by molar-refractivity contribution is 5.92. The number of nitrogens with zero attached hydrogens (tertiary/aromatic N) is 1. The lowest BCUT2D eigenvalue weighted by Crippen LogP contribution is -2.25. The predicted molar refractivity (Wildman–Crippen MR) is 65.9 cm³/mol. The minimum Gasteiger partial charge on any atom is -0.497 e. The topological polar surface area (TPSA) is 29.5 Å². The maximum Gasteiger partial charge on any atom is 0.226 e. The molecule has 1 amide bonds. The van der Waals surface area contributed by atoms with Crippen LogP contribution >= 0.6 is 0 Å². The number of carbonyl (C=O) groups is 1. The Balaban J connectivity index is 2.71. The highest BCUT2D eigenvalue weighted by Crippen LogP contribution is 2.20. The SMILES string of the molecule is CCCCC(=O)N(C)c1cccc(OC)c1. The average Bonchev–Trinajstić information content (AvgIpc) is 2.35. The van der Waals surface area contributed by atoms with Gasteiger partial charge in [0.25, 0.3) is 0 Å². The van der Waals surface area contributed by atoms with Gasteiger partial charge in [-0.3, -0.25) is 4.79 Å². The highest BCUT2D eigenvalue weighted by atomic mass is 16.5. The van der Waals surface area contributed by atoms with Crippen molar-refractivity contribution in [3.63, 3.8) is 0 Å². The van der Waals surface area contributed by atoms with E-state index in [9.17, 15) is 4.79 Å². The number of methoxy groups -OCH3 is 1. The molecule has 0 unspecified atom stereocenters. The molecule has 0 aliphatic rings. The molecule has 0 aromatic heterocycles. The molecule has 16 heavy (non-hydrogen) atoms. The zero-order valence-electron chi connectivity index (χ0n) is 10.2. The summed E-state index contributed by atoms with van der Waals surface area (Å²) in [7, 11) is 3.42. The van der Waals surface area contributed by atoms with Gasteiger partial charge < -0.3 is 9.64 Å². The van der Waals surface area contributed by atoms with Crippen molar-refractivity contribution in [2.75, 3.05) is 19.1 Å². The number of anilines is 1. The van der Waals surface area contributed by atoms with Gasteiger partial charge in [0.15, 0.2) is 0 Å². The molecule has 0 N–H and O–H groups in total. The Kier molecular flexibility index (Phi) is 4.83. The van der Waals surface area contributed by atoms with Crippen molar-refractivity contribution in [1.82, 2.24) is 0 Å². The van der Waals surface area contributed by atoms with E-state index >= 15 is 0 Å². The smallest absolute Gasteiger partial charge is 0.226 e. The van der Waals surface area contributed by atoms with Crippen LogP contribution in [0.2, 0.25) is 0 Å². The van der Waals surface area contributed by atoms with E-state index in [1.807, 2.05) is 24.3 Å². The van der Waals surface area contributed by atoms with Crippen molar-refractivity contribution in [1.29, 1.82) is 0 Å². The van der Waals surface area contributed by atoms with Crippen LogP contribution in [0.1, 0.15) is 26.2 Å². The lowest BCUT2D eigenvalue weighted by Gasteiger charge is -2.17. The monoisotopic (exact) mass is 221 g/mol. The quantitative estimate of drug-likeness (QED) is 0.765. The summed E-state index contributed by atoms with van der Waals surface area (Å²) in [4.78, 5) is 13.5. The van der Waals surface area contributed by atoms with Crippen LogP contribution in [0.4, 0.5) is 5.69 Å². The molecule has 3 nitrogen and oxygen atoms in total. The molecule has 1 rings (SSSR count). The second kappa shape index (κ2) is 6.16. The number of rotatable bonds is 5. The maximum atomic E-state index is 11.8. The summed E-state index contributed by atoms with van der Waals surface area (Å²) in [5, 5.41) is 0. The minimum absolute atomic E-state index is 0.148. The van der Waals surface area contributed by atoms with Gasteiger partial charge >= 0.3 is 0 Å². The van der Waals surface area contributed by atoms with Gasteiger partial charge in [-0.1, -0.05) is 19.4 Å². The summed E-state index contributed by atoms with van der Waals surface area (Å²) < 4.78 is 5.13. The zero-order valence-corrected chi connectivity index (χ0v) is 10.2. The number of unbranched alkanes of at least 4 members (excludes halogenated alkanes) is 1. The number of amides is 1. The molecule has 0 atom stereocenters. The zero-order chi connectivity index (χ0) is 12.0. The first kappa shape index (κ1) is 12.6. The molecular weight excluding hydrogens is 202 g/mol. The van der Waals surface area contributed by atoms with Gasteiger partial charge in [-0.15, -0.1) is 0 Å². The van der Waals surface area contributed by atoms with Gasteiger partial charge in [0, 0.05) is 25.2 Å². The molecule has 0 radical (unpaired) electrons. The van der Waals surface area contributed by atoms with Crippen LogP contribution in [0.15, 0.2) is 24.3 Å². The summed E-state index contributed by atoms with van der Waals surface area (Å²) >= 11 is 0. The van der Waals surface area contributed by atoms with Crippen molar-refractivity contribution in [2.45, 2.75) is 26.2 Å². The fourth-order valence-electron chi connectivity index (χ4n) is 1.46. The van der Waals surface area contributed by atoms with Gasteiger partial charge in [0.2, 0.25) is 5.91 Å². The number of ether oxygens (including phenoxy) is 1. The first-order valence-electron chi connectivity index (χ1n) is 5.59. The lowest BCUT2D eigenvalue weighted by atomic mass is 10.2. The van der Waals surface area contributed by atoms with E-state index in [-0.39, 0.29) is 5.91 Å². The first-order valence-corrected chi connectivity index (χ1v) is 5.59. The number of carbonyl (C=O) groups excluding carboxylic acids is 1. The molecule has 0 aliphatic carbocycles. The lowest BCUT2D eigenvalue weighted by molar-refractivity contribution is -0.118. The van der Waals surface area contributed by atoms with Gasteiger partial charge in [-0.2, -0.15) is 0 Å². The molecule has 0 heterocycles. The predicted octanol–water partition coefficient (Wildman–Crippen LogP) is 2.85. The third-order valence-corrected chi connectivity index (χ3v) is 2.56. The van der Waals surface area contributed by atoms with Crippen molar-refractivity contribution < 1.29 is 9.53 Å². The van der Waals surface area contributed by atoms with Crippen LogP contribution in [-0.2, 0) is 4.79 Å². The van der Waals surface area contributed by atoms with Crippen LogP contribution in [0.3, 0.4) is 0 Å². The molecule has 0 fully saturated rings. The Morgan fingerprint density at radius 2 is 2.19 bits per heavy atom. The Labute approximate surface area is 97.0 Å². The average molecular weight is 221 g/mol. The molecule has 1 aromatic rings.